The summed E-state index contributed by atoms with van der Waals surface area (Å²) >= 11 is 7.68. The van der Waals surface area contributed by atoms with Crippen LogP contribution in [-0.4, -0.2) is 37.6 Å². The SMILES string of the molecule is CC(C)(C)SCCNC(=O)c1ccc(N(Cc2ccc(Cl)cc2)S(C)(=O)=O)cc1. The topological polar surface area (TPSA) is 66.5 Å². The van der Waals surface area contributed by atoms with Gasteiger partial charge in [0, 0.05) is 27.6 Å². The van der Waals surface area contributed by atoms with Crippen molar-refractivity contribution in [2.75, 3.05) is 22.9 Å². The van der Waals surface area contributed by atoms with Crippen molar-refractivity contribution in [1.29, 1.82) is 0 Å². The first kappa shape index (κ1) is 23.6. The standard InChI is InChI=1S/C21H27ClN2O3S2/c1-21(2,3)28-14-13-23-20(25)17-7-11-19(12-8-17)24(29(4,26)27)15-16-5-9-18(22)10-6-16/h5-12H,13-15H2,1-4H3,(H,23,25). The van der Waals surface area contributed by atoms with Gasteiger partial charge in [-0.25, -0.2) is 8.42 Å². The zero-order valence-electron chi connectivity index (χ0n) is 17.1. The highest BCUT2D eigenvalue weighted by molar-refractivity contribution is 8.00. The van der Waals surface area contributed by atoms with Crippen LogP contribution in [0.4, 0.5) is 5.69 Å². The summed E-state index contributed by atoms with van der Waals surface area (Å²) in [5.74, 6) is 0.658. The number of carbonyl (C=O) groups is 1. The molecular weight excluding hydrogens is 428 g/mol. The number of benzene rings is 2. The van der Waals surface area contributed by atoms with E-state index >= 15 is 0 Å². The zero-order chi connectivity index (χ0) is 21.7. The lowest BCUT2D eigenvalue weighted by atomic mass is 10.2. The van der Waals surface area contributed by atoms with Gasteiger partial charge in [0.2, 0.25) is 10.0 Å². The molecule has 0 aromatic heterocycles. The molecule has 158 valence electrons. The largest absolute Gasteiger partial charge is 0.351 e. The molecule has 2 rings (SSSR count). The third kappa shape index (κ3) is 7.91. The monoisotopic (exact) mass is 454 g/mol. The van der Waals surface area contributed by atoms with Crippen LogP contribution in [0.3, 0.4) is 0 Å². The van der Waals surface area contributed by atoms with E-state index in [4.69, 9.17) is 11.6 Å². The minimum atomic E-state index is -3.49. The summed E-state index contributed by atoms with van der Waals surface area (Å²) in [6.45, 7) is 7.17. The molecule has 0 saturated heterocycles. The van der Waals surface area contributed by atoms with Crippen LogP contribution in [0.5, 0.6) is 0 Å². The number of carbonyl (C=O) groups excluding carboxylic acids is 1. The van der Waals surface area contributed by atoms with Crippen LogP contribution in [0.25, 0.3) is 0 Å². The molecule has 0 fully saturated rings. The number of rotatable bonds is 8. The van der Waals surface area contributed by atoms with E-state index in [1.165, 1.54) is 4.31 Å². The minimum absolute atomic E-state index is 0.158. The average Bonchev–Trinajstić information content (AvgIpc) is 2.63. The Morgan fingerprint density at radius 3 is 2.17 bits per heavy atom. The Morgan fingerprint density at radius 1 is 1.07 bits per heavy atom. The summed E-state index contributed by atoms with van der Waals surface area (Å²) < 4.78 is 26.1. The molecule has 0 atom stereocenters. The van der Waals surface area contributed by atoms with Gasteiger partial charge in [-0.3, -0.25) is 9.10 Å². The lowest BCUT2D eigenvalue weighted by Gasteiger charge is -2.23. The zero-order valence-corrected chi connectivity index (χ0v) is 19.5. The number of nitrogens with one attached hydrogen (secondary N) is 1. The molecule has 2 aromatic carbocycles. The number of sulfonamides is 1. The molecule has 0 bridgehead atoms. The number of nitrogens with zero attached hydrogens (tertiary/aromatic N) is 1. The first-order valence-corrected chi connectivity index (χ1v) is 12.4. The molecule has 0 aliphatic rings. The second-order valence-electron chi connectivity index (χ2n) is 7.66. The first-order chi connectivity index (χ1) is 13.5. The highest BCUT2D eigenvalue weighted by Crippen LogP contribution is 2.23. The Morgan fingerprint density at radius 2 is 1.66 bits per heavy atom. The molecule has 0 aliphatic carbocycles. The van der Waals surface area contributed by atoms with E-state index in [-0.39, 0.29) is 17.2 Å². The number of anilines is 1. The first-order valence-electron chi connectivity index (χ1n) is 9.20. The summed E-state index contributed by atoms with van der Waals surface area (Å²) in [4.78, 5) is 12.3. The molecule has 8 heteroatoms. The Balaban J connectivity index is 2.06. The van der Waals surface area contributed by atoms with Crippen molar-refractivity contribution in [3.05, 3.63) is 64.7 Å². The molecule has 29 heavy (non-hydrogen) atoms. The quantitative estimate of drug-likeness (QED) is 0.593. The summed E-state index contributed by atoms with van der Waals surface area (Å²) in [5, 5.41) is 3.48. The maximum Gasteiger partial charge on any atom is 0.251 e. The summed E-state index contributed by atoms with van der Waals surface area (Å²) in [6, 6.07) is 13.6. The number of amides is 1. The van der Waals surface area contributed by atoms with Crippen LogP contribution in [0.1, 0.15) is 36.7 Å². The van der Waals surface area contributed by atoms with Crippen molar-refractivity contribution < 1.29 is 13.2 Å². The predicted molar refractivity (Wildman–Crippen MR) is 123 cm³/mol. The van der Waals surface area contributed by atoms with Gasteiger partial charge in [-0.2, -0.15) is 11.8 Å². The molecular formula is C21H27ClN2O3S2. The van der Waals surface area contributed by atoms with E-state index in [9.17, 15) is 13.2 Å². The van der Waals surface area contributed by atoms with Gasteiger partial charge < -0.3 is 5.32 Å². The van der Waals surface area contributed by atoms with Crippen LogP contribution < -0.4 is 9.62 Å². The number of halogens is 1. The minimum Gasteiger partial charge on any atom is -0.351 e. The number of thioether (sulfide) groups is 1. The van der Waals surface area contributed by atoms with Crippen LogP contribution in [0.15, 0.2) is 48.5 Å². The number of hydrogen-bond acceptors (Lipinski definition) is 4. The molecule has 1 N–H and O–H groups in total. The average molecular weight is 455 g/mol. The van der Waals surface area contributed by atoms with Gasteiger partial charge in [-0.05, 0) is 42.0 Å². The van der Waals surface area contributed by atoms with E-state index in [1.807, 2.05) is 0 Å². The highest BCUT2D eigenvalue weighted by Gasteiger charge is 2.18. The molecule has 0 saturated carbocycles. The number of hydrogen-bond donors (Lipinski definition) is 1. The fourth-order valence-electron chi connectivity index (χ4n) is 2.56. The maximum atomic E-state index is 12.3. The lowest BCUT2D eigenvalue weighted by molar-refractivity contribution is 0.0956. The predicted octanol–water partition coefficient (Wildman–Crippen LogP) is 4.57. The molecule has 1 amide bonds. The molecule has 0 unspecified atom stereocenters. The maximum absolute atomic E-state index is 12.3. The summed E-state index contributed by atoms with van der Waals surface area (Å²) in [7, 11) is -3.49. The molecule has 0 radical (unpaired) electrons. The normalized spacial score (nSPS) is 11.9. The summed E-state index contributed by atoms with van der Waals surface area (Å²) in [5.41, 5.74) is 1.81. The van der Waals surface area contributed by atoms with E-state index in [1.54, 1.807) is 60.3 Å². The van der Waals surface area contributed by atoms with Crippen molar-refractivity contribution in [1.82, 2.24) is 5.32 Å². The second-order valence-corrected chi connectivity index (χ2v) is 11.9. The van der Waals surface area contributed by atoms with Crippen LogP contribution >= 0.6 is 23.4 Å². The second kappa shape index (κ2) is 9.87. The highest BCUT2D eigenvalue weighted by atomic mass is 35.5. The molecule has 0 aliphatic heterocycles. The van der Waals surface area contributed by atoms with Gasteiger partial charge in [0.05, 0.1) is 18.5 Å². The van der Waals surface area contributed by atoms with Gasteiger partial charge in [0.1, 0.15) is 0 Å². The van der Waals surface area contributed by atoms with Crippen molar-refractivity contribution in [2.24, 2.45) is 0 Å². The van der Waals surface area contributed by atoms with E-state index < -0.39 is 10.0 Å². The van der Waals surface area contributed by atoms with Crippen molar-refractivity contribution >= 4 is 45.0 Å². The van der Waals surface area contributed by atoms with Crippen LogP contribution in [-0.2, 0) is 16.6 Å². The fraction of sp³-hybridized carbons (Fsp3) is 0.381. The van der Waals surface area contributed by atoms with Crippen LogP contribution in [0.2, 0.25) is 5.02 Å². The van der Waals surface area contributed by atoms with Crippen LogP contribution in [0, 0.1) is 0 Å². The van der Waals surface area contributed by atoms with Crippen molar-refractivity contribution in [3.8, 4) is 0 Å². The third-order valence-electron chi connectivity index (χ3n) is 3.98. The van der Waals surface area contributed by atoms with Gasteiger partial charge in [0.15, 0.2) is 0 Å². The Labute approximate surface area is 182 Å². The van der Waals surface area contributed by atoms with Gasteiger partial charge in [0.25, 0.3) is 5.91 Å². The van der Waals surface area contributed by atoms with Gasteiger partial charge >= 0.3 is 0 Å². The molecule has 5 nitrogen and oxygen atoms in total. The Hall–Kier alpha value is -1.70. The van der Waals surface area contributed by atoms with E-state index in [0.717, 1.165) is 17.6 Å². The molecule has 0 heterocycles. The van der Waals surface area contributed by atoms with Crippen molar-refractivity contribution in [3.63, 3.8) is 0 Å². The van der Waals surface area contributed by atoms with Gasteiger partial charge in [-0.15, -0.1) is 0 Å². The smallest absolute Gasteiger partial charge is 0.251 e. The Bertz CT molecular complexity index is 922. The van der Waals surface area contributed by atoms with E-state index in [0.29, 0.717) is 22.8 Å². The van der Waals surface area contributed by atoms with Gasteiger partial charge in [-0.1, -0.05) is 44.5 Å². The lowest BCUT2D eigenvalue weighted by Crippen LogP contribution is -2.29. The molecule has 2 aromatic rings. The Kier molecular flexibility index (Phi) is 8.02. The fourth-order valence-corrected chi connectivity index (χ4v) is 4.39. The van der Waals surface area contributed by atoms with Crippen molar-refractivity contribution in [2.45, 2.75) is 32.1 Å². The summed E-state index contributed by atoms with van der Waals surface area (Å²) in [6.07, 6.45) is 1.16. The molecule has 0 spiro atoms. The third-order valence-corrected chi connectivity index (χ3v) is 6.65. The van der Waals surface area contributed by atoms with E-state index in [2.05, 4.69) is 26.1 Å².